The van der Waals surface area contributed by atoms with Crippen LogP contribution in [0.4, 0.5) is 13.2 Å². The molecule has 1 fully saturated rings. The highest BCUT2D eigenvalue weighted by atomic mass is 19.4. The second-order valence-electron chi connectivity index (χ2n) is 4.94. The summed E-state index contributed by atoms with van der Waals surface area (Å²) < 4.78 is 39.1. The first-order valence-corrected chi connectivity index (χ1v) is 6.40. The third-order valence-electron chi connectivity index (χ3n) is 3.42. The van der Waals surface area contributed by atoms with Crippen molar-refractivity contribution in [1.82, 2.24) is 5.32 Å². The van der Waals surface area contributed by atoms with E-state index in [1.165, 1.54) is 12.1 Å². The van der Waals surface area contributed by atoms with Crippen molar-refractivity contribution in [1.29, 1.82) is 0 Å². The molecule has 3 unspecified atom stereocenters. The SMILES string of the molecule is CCCC1CC1NC(c1ccccc1)C(F)(F)F. The summed E-state index contributed by atoms with van der Waals surface area (Å²) in [6, 6.07) is 6.57. The Balaban J connectivity index is 2.04. The van der Waals surface area contributed by atoms with Gasteiger partial charge in [-0.1, -0.05) is 43.7 Å². The molecule has 3 atom stereocenters. The van der Waals surface area contributed by atoms with Crippen molar-refractivity contribution in [2.45, 2.75) is 44.4 Å². The number of hydrogen-bond acceptors (Lipinski definition) is 1. The molecule has 0 saturated heterocycles. The van der Waals surface area contributed by atoms with Gasteiger partial charge in [-0.15, -0.1) is 0 Å². The summed E-state index contributed by atoms with van der Waals surface area (Å²) in [6.07, 6.45) is -1.32. The maximum atomic E-state index is 13.0. The van der Waals surface area contributed by atoms with E-state index >= 15 is 0 Å². The quantitative estimate of drug-likeness (QED) is 0.838. The van der Waals surface area contributed by atoms with Crippen LogP contribution in [0.2, 0.25) is 0 Å². The van der Waals surface area contributed by atoms with Gasteiger partial charge in [0.25, 0.3) is 0 Å². The minimum absolute atomic E-state index is 0.0248. The molecule has 1 aliphatic carbocycles. The monoisotopic (exact) mass is 257 g/mol. The number of rotatable bonds is 5. The molecular formula is C14H18F3N. The third kappa shape index (κ3) is 3.25. The second-order valence-corrected chi connectivity index (χ2v) is 4.94. The third-order valence-corrected chi connectivity index (χ3v) is 3.42. The van der Waals surface area contributed by atoms with Gasteiger partial charge >= 0.3 is 6.18 Å². The number of alkyl halides is 3. The topological polar surface area (TPSA) is 12.0 Å². The Kier molecular flexibility index (Phi) is 3.95. The maximum absolute atomic E-state index is 13.0. The molecule has 0 spiro atoms. The summed E-state index contributed by atoms with van der Waals surface area (Å²) in [7, 11) is 0. The van der Waals surface area contributed by atoms with E-state index in [2.05, 4.69) is 12.2 Å². The number of benzene rings is 1. The van der Waals surface area contributed by atoms with Gasteiger partial charge in [-0.3, -0.25) is 5.32 Å². The highest BCUT2D eigenvalue weighted by Gasteiger charge is 2.46. The van der Waals surface area contributed by atoms with Crippen LogP contribution in [0.3, 0.4) is 0 Å². The second kappa shape index (κ2) is 5.31. The van der Waals surface area contributed by atoms with Crippen molar-refractivity contribution in [2.75, 3.05) is 0 Å². The molecule has 1 nitrogen and oxygen atoms in total. The summed E-state index contributed by atoms with van der Waals surface area (Å²) in [6.45, 7) is 2.06. The molecule has 1 saturated carbocycles. The van der Waals surface area contributed by atoms with Gasteiger partial charge in [-0.05, 0) is 24.3 Å². The minimum atomic E-state index is -4.24. The van der Waals surface area contributed by atoms with Crippen LogP contribution in [-0.2, 0) is 0 Å². The minimum Gasteiger partial charge on any atom is -0.299 e. The number of hydrogen-bond donors (Lipinski definition) is 1. The Labute approximate surface area is 105 Å². The smallest absolute Gasteiger partial charge is 0.299 e. The Morgan fingerprint density at radius 1 is 1.28 bits per heavy atom. The highest BCUT2D eigenvalue weighted by Crippen LogP contribution is 2.40. The summed E-state index contributed by atoms with van der Waals surface area (Å²) in [5.74, 6) is 0.420. The van der Waals surface area contributed by atoms with Crippen LogP contribution < -0.4 is 5.32 Å². The zero-order chi connectivity index (χ0) is 13.2. The molecule has 2 rings (SSSR count). The lowest BCUT2D eigenvalue weighted by Crippen LogP contribution is -2.36. The number of halogens is 3. The molecule has 0 aliphatic heterocycles. The van der Waals surface area contributed by atoms with E-state index in [0.29, 0.717) is 11.5 Å². The maximum Gasteiger partial charge on any atom is 0.407 e. The molecule has 18 heavy (non-hydrogen) atoms. The average molecular weight is 257 g/mol. The van der Waals surface area contributed by atoms with Crippen LogP contribution in [0.5, 0.6) is 0 Å². The van der Waals surface area contributed by atoms with Gasteiger partial charge in [0.05, 0.1) is 0 Å². The van der Waals surface area contributed by atoms with Crippen LogP contribution >= 0.6 is 0 Å². The fraction of sp³-hybridized carbons (Fsp3) is 0.571. The molecule has 0 amide bonds. The fourth-order valence-electron chi connectivity index (χ4n) is 2.38. The predicted molar refractivity (Wildman–Crippen MR) is 65.2 cm³/mol. The predicted octanol–water partition coefficient (Wildman–Crippen LogP) is 4.07. The van der Waals surface area contributed by atoms with Gasteiger partial charge in [0.2, 0.25) is 0 Å². The molecule has 1 aliphatic rings. The average Bonchev–Trinajstić information content (AvgIpc) is 3.05. The van der Waals surface area contributed by atoms with Gasteiger partial charge in [-0.25, -0.2) is 0 Å². The highest BCUT2D eigenvalue weighted by molar-refractivity contribution is 5.21. The van der Waals surface area contributed by atoms with Crippen molar-refractivity contribution < 1.29 is 13.2 Å². The van der Waals surface area contributed by atoms with Crippen molar-refractivity contribution in [3.63, 3.8) is 0 Å². The summed E-state index contributed by atoms with van der Waals surface area (Å²) in [5.41, 5.74) is 0.298. The fourth-order valence-corrected chi connectivity index (χ4v) is 2.38. The summed E-state index contributed by atoms with van der Waals surface area (Å²) in [5, 5.41) is 2.76. The molecule has 0 heterocycles. The van der Waals surface area contributed by atoms with Crippen LogP contribution in [0, 0.1) is 5.92 Å². The van der Waals surface area contributed by atoms with Crippen molar-refractivity contribution in [3.05, 3.63) is 35.9 Å². The van der Waals surface area contributed by atoms with E-state index in [1.807, 2.05) is 0 Å². The van der Waals surface area contributed by atoms with Crippen LogP contribution in [0.1, 0.15) is 37.8 Å². The van der Waals surface area contributed by atoms with Gasteiger partial charge in [0, 0.05) is 6.04 Å². The van der Waals surface area contributed by atoms with E-state index in [-0.39, 0.29) is 6.04 Å². The van der Waals surface area contributed by atoms with Gasteiger partial charge in [0.1, 0.15) is 6.04 Å². The van der Waals surface area contributed by atoms with Crippen molar-refractivity contribution in [3.8, 4) is 0 Å². The van der Waals surface area contributed by atoms with Crippen LogP contribution in [0.15, 0.2) is 30.3 Å². The van der Waals surface area contributed by atoms with E-state index in [9.17, 15) is 13.2 Å². The van der Waals surface area contributed by atoms with Crippen molar-refractivity contribution in [2.24, 2.45) is 5.92 Å². The molecule has 1 aromatic rings. The molecule has 4 heteroatoms. The van der Waals surface area contributed by atoms with E-state index in [0.717, 1.165) is 19.3 Å². The lowest BCUT2D eigenvalue weighted by molar-refractivity contribution is -0.158. The Morgan fingerprint density at radius 2 is 1.94 bits per heavy atom. The summed E-state index contributed by atoms with van der Waals surface area (Å²) >= 11 is 0. The van der Waals surface area contributed by atoms with E-state index < -0.39 is 12.2 Å². The Hall–Kier alpha value is -1.03. The lowest BCUT2D eigenvalue weighted by Gasteiger charge is -2.22. The van der Waals surface area contributed by atoms with Crippen molar-refractivity contribution >= 4 is 0 Å². The summed E-state index contributed by atoms with van der Waals surface area (Å²) in [4.78, 5) is 0. The number of nitrogens with one attached hydrogen (secondary N) is 1. The first-order valence-electron chi connectivity index (χ1n) is 6.40. The Morgan fingerprint density at radius 3 is 2.50 bits per heavy atom. The van der Waals surface area contributed by atoms with Crippen LogP contribution in [-0.4, -0.2) is 12.2 Å². The molecular weight excluding hydrogens is 239 g/mol. The normalized spacial score (nSPS) is 24.9. The van der Waals surface area contributed by atoms with Gasteiger partial charge < -0.3 is 0 Å². The molecule has 0 radical (unpaired) electrons. The van der Waals surface area contributed by atoms with E-state index in [4.69, 9.17) is 0 Å². The first kappa shape index (κ1) is 13.4. The largest absolute Gasteiger partial charge is 0.407 e. The standard InChI is InChI=1S/C14H18F3N/c1-2-6-11-9-12(11)18-13(14(15,16)17)10-7-4-3-5-8-10/h3-5,7-8,11-13,18H,2,6,9H2,1H3. The lowest BCUT2D eigenvalue weighted by atomic mass is 10.1. The zero-order valence-electron chi connectivity index (χ0n) is 10.4. The molecule has 0 bridgehead atoms. The van der Waals surface area contributed by atoms with Gasteiger partial charge in [-0.2, -0.15) is 13.2 Å². The molecule has 100 valence electrons. The Bertz CT molecular complexity index is 374. The van der Waals surface area contributed by atoms with Crippen LogP contribution in [0.25, 0.3) is 0 Å². The zero-order valence-corrected chi connectivity index (χ0v) is 10.4. The molecule has 1 aromatic carbocycles. The van der Waals surface area contributed by atoms with Gasteiger partial charge in [0.15, 0.2) is 0 Å². The van der Waals surface area contributed by atoms with E-state index in [1.54, 1.807) is 18.2 Å². The molecule has 0 aromatic heterocycles. The molecule has 1 N–H and O–H groups in total. The first-order chi connectivity index (χ1) is 8.52.